The summed E-state index contributed by atoms with van der Waals surface area (Å²) in [6.45, 7) is 10.5. The molecule has 0 aromatic heterocycles. The first-order valence-corrected chi connectivity index (χ1v) is 6.61. The van der Waals surface area contributed by atoms with Crippen LogP contribution in [-0.2, 0) is 10.2 Å². The molecule has 3 nitrogen and oxygen atoms in total. The Morgan fingerprint density at radius 2 is 1.79 bits per heavy atom. The van der Waals surface area contributed by atoms with Crippen molar-refractivity contribution in [3.8, 4) is 0 Å². The summed E-state index contributed by atoms with van der Waals surface area (Å²) in [7, 11) is 0. The molecule has 1 amide bonds. The molecular weight excluding hydrogens is 236 g/mol. The Balaban J connectivity index is 2.52. The summed E-state index contributed by atoms with van der Waals surface area (Å²) < 4.78 is 0. The van der Waals surface area contributed by atoms with Gasteiger partial charge in [-0.1, -0.05) is 45.0 Å². The topological polar surface area (TPSA) is 41.1 Å². The zero-order chi connectivity index (χ0) is 14.3. The molecule has 1 aromatic carbocycles. The van der Waals surface area contributed by atoms with Gasteiger partial charge in [0.1, 0.15) is 0 Å². The number of amides is 1. The molecule has 2 N–H and O–H groups in total. The number of hydrogen-bond acceptors (Lipinski definition) is 2. The summed E-state index contributed by atoms with van der Waals surface area (Å²) in [6.07, 6.45) is 2.00. The van der Waals surface area contributed by atoms with Crippen molar-refractivity contribution in [3.63, 3.8) is 0 Å². The molecule has 1 heterocycles. The van der Waals surface area contributed by atoms with E-state index < -0.39 is 0 Å². The van der Waals surface area contributed by atoms with Crippen molar-refractivity contribution >= 4 is 12.0 Å². The molecule has 1 fully saturated rings. The fourth-order valence-electron chi connectivity index (χ4n) is 2.34. The molecule has 0 aliphatic carbocycles. The third-order valence-corrected chi connectivity index (χ3v) is 3.48. The first-order chi connectivity index (χ1) is 8.72. The lowest BCUT2D eigenvalue weighted by atomic mass is 9.82. The predicted octanol–water partition coefficient (Wildman–Crippen LogP) is 2.78. The van der Waals surface area contributed by atoms with Gasteiger partial charge in [0.25, 0.3) is 5.91 Å². The highest BCUT2D eigenvalue weighted by atomic mass is 16.2. The van der Waals surface area contributed by atoms with E-state index in [0.29, 0.717) is 0 Å². The molecule has 0 radical (unpaired) electrons. The molecular formula is C16H22N2O. The van der Waals surface area contributed by atoms with Crippen LogP contribution in [0.25, 0.3) is 6.08 Å². The number of hydrogen-bond donors (Lipinski definition) is 2. The zero-order valence-corrected chi connectivity index (χ0v) is 12.3. The van der Waals surface area contributed by atoms with Gasteiger partial charge in [-0.2, -0.15) is 0 Å². The van der Waals surface area contributed by atoms with Crippen LogP contribution >= 0.6 is 0 Å². The van der Waals surface area contributed by atoms with Gasteiger partial charge in [0.05, 0.1) is 5.54 Å². The van der Waals surface area contributed by atoms with Crippen molar-refractivity contribution < 1.29 is 4.79 Å². The van der Waals surface area contributed by atoms with Crippen molar-refractivity contribution in [1.82, 2.24) is 10.9 Å². The summed E-state index contributed by atoms with van der Waals surface area (Å²) in [6, 6.07) is 8.24. The molecule has 102 valence electrons. The van der Waals surface area contributed by atoms with Crippen LogP contribution in [0.5, 0.6) is 0 Å². The number of hydrazine groups is 1. The molecule has 1 aliphatic rings. The maximum atomic E-state index is 11.9. The van der Waals surface area contributed by atoms with Gasteiger partial charge in [-0.3, -0.25) is 10.2 Å². The number of carbonyl (C=O) groups is 1. The van der Waals surface area contributed by atoms with Crippen LogP contribution < -0.4 is 10.9 Å². The Bertz CT molecular complexity index is 536. The van der Waals surface area contributed by atoms with Crippen LogP contribution in [0.15, 0.2) is 29.8 Å². The van der Waals surface area contributed by atoms with Gasteiger partial charge in [-0.25, -0.2) is 5.43 Å². The van der Waals surface area contributed by atoms with Gasteiger partial charge in [0.15, 0.2) is 0 Å². The van der Waals surface area contributed by atoms with Gasteiger partial charge in [0, 0.05) is 5.57 Å². The van der Waals surface area contributed by atoms with Crippen LogP contribution in [0, 0.1) is 0 Å². The lowest BCUT2D eigenvalue weighted by molar-refractivity contribution is -0.116. The van der Waals surface area contributed by atoms with Gasteiger partial charge in [0.2, 0.25) is 0 Å². The smallest absolute Gasteiger partial charge is 0.263 e. The predicted molar refractivity (Wildman–Crippen MR) is 78.5 cm³/mol. The monoisotopic (exact) mass is 258 g/mol. The van der Waals surface area contributed by atoms with Crippen molar-refractivity contribution in [2.24, 2.45) is 0 Å². The average Bonchev–Trinajstić information content (AvgIpc) is 2.55. The van der Waals surface area contributed by atoms with Crippen LogP contribution in [0.1, 0.15) is 45.7 Å². The van der Waals surface area contributed by atoms with Crippen molar-refractivity contribution in [2.75, 3.05) is 0 Å². The van der Waals surface area contributed by atoms with E-state index >= 15 is 0 Å². The maximum absolute atomic E-state index is 11.9. The quantitative estimate of drug-likeness (QED) is 0.761. The normalized spacial score (nSPS) is 20.7. The number of benzene rings is 1. The molecule has 0 unspecified atom stereocenters. The highest BCUT2D eigenvalue weighted by Crippen LogP contribution is 2.29. The Kier molecular flexibility index (Phi) is 3.27. The SMILES string of the molecule is CC1(C)NNC(=O)/C1=C\c1ccccc1C(C)(C)C. The molecule has 2 rings (SSSR count). The van der Waals surface area contributed by atoms with E-state index in [2.05, 4.69) is 43.8 Å². The van der Waals surface area contributed by atoms with Crippen LogP contribution in [0.2, 0.25) is 0 Å². The second-order valence-corrected chi connectivity index (χ2v) is 6.60. The van der Waals surface area contributed by atoms with E-state index in [0.717, 1.165) is 11.1 Å². The fourth-order valence-corrected chi connectivity index (χ4v) is 2.34. The third-order valence-electron chi connectivity index (χ3n) is 3.48. The van der Waals surface area contributed by atoms with E-state index in [4.69, 9.17) is 0 Å². The molecule has 0 atom stereocenters. The van der Waals surface area contributed by atoms with E-state index in [-0.39, 0.29) is 16.9 Å². The van der Waals surface area contributed by atoms with Gasteiger partial charge in [-0.05, 0) is 36.5 Å². The molecule has 0 spiro atoms. The summed E-state index contributed by atoms with van der Waals surface area (Å²) in [4.78, 5) is 11.9. The van der Waals surface area contributed by atoms with Crippen LogP contribution in [-0.4, -0.2) is 11.4 Å². The molecule has 1 saturated heterocycles. The van der Waals surface area contributed by atoms with Crippen molar-refractivity contribution in [2.45, 2.75) is 45.6 Å². The Labute approximate surface area is 115 Å². The highest BCUT2D eigenvalue weighted by molar-refractivity contribution is 6.02. The highest BCUT2D eigenvalue weighted by Gasteiger charge is 2.35. The van der Waals surface area contributed by atoms with Crippen LogP contribution in [0.3, 0.4) is 0 Å². The largest absolute Gasteiger partial charge is 0.287 e. The van der Waals surface area contributed by atoms with Crippen molar-refractivity contribution in [3.05, 3.63) is 41.0 Å². The summed E-state index contributed by atoms with van der Waals surface area (Å²) in [5.41, 5.74) is 8.52. The summed E-state index contributed by atoms with van der Waals surface area (Å²) in [5, 5.41) is 0. The van der Waals surface area contributed by atoms with Crippen LogP contribution in [0.4, 0.5) is 0 Å². The fraction of sp³-hybridized carbons (Fsp3) is 0.438. The zero-order valence-electron chi connectivity index (χ0n) is 12.3. The third kappa shape index (κ3) is 2.71. The lowest BCUT2D eigenvalue weighted by Gasteiger charge is -2.23. The lowest BCUT2D eigenvalue weighted by Crippen LogP contribution is -2.38. The Morgan fingerprint density at radius 3 is 2.32 bits per heavy atom. The first-order valence-electron chi connectivity index (χ1n) is 6.61. The molecule has 19 heavy (non-hydrogen) atoms. The average molecular weight is 258 g/mol. The molecule has 0 bridgehead atoms. The number of nitrogens with one attached hydrogen (secondary N) is 2. The second kappa shape index (κ2) is 4.49. The summed E-state index contributed by atoms with van der Waals surface area (Å²) >= 11 is 0. The van der Waals surface area contributed by atoms with Gasteiger partial charge >= 0.3 is 0 Å². The Hall–Kier alpha value is -1.61. The molecule has 0 saturated carbocycles. The number of rotatable bonds is 1. The minimum Gasteiger partial charge on any atom is -0.287 e. The van der Waals surface area contributed by atoms with E-state index in [9.17, 15) is 4.79 Å². The van der Waals surface area contributed by atoms with Crippen molar-refractivity contribution in [1.29, 1.82) is 0 Å². The minimum atomic E-state index is -0.345. The van der Waals surface area contributed by atoms with E-state index in [1.54, 1.807) is 0 Å². The van der Waals surface area contributed by atoms with E-state index in [1.807, 2.05) is 32.1 Å². The molecule has 3 heteroatoms. The second-order valence-electron chi connectivity index (χ2n) is 6.60. The molecule has 1 aromatic rings. The minimum absolute atomic E-state index is 0.0475. The standard InChI is InChI=1S/C16H22N2O/c1-15(2,3)12-9-7-6-8-11(12)10-13-14(19)17-18-16(13,4)5/h6-10,18H,1-5H3,(H,17,19)/b13-10+. The number of carbonyl (C=O) groups excluding carboxylic acids is 1. The first kappa shape index (κ1) is 13.8. The van der Waals surface area contributed by atoms with Gasteiger partial charge in [-0.15, -0.1) is 0 Å². The Morgan fingerprint density at radius 1 is 1.16 bits per heavy atom. The maximum Gasteiger partial charge on any atom is 0.263 e. The van der Waals surface area contributed by atoms with Gasteiger partial charge < -0.3 is 0 Å². The summed E-state index contributed by atoms with van der Waals surface area (Å²) in [5.74, 6) is -0.0475. The molecule has 1 aliphatic heterocycles. The van der Waals surface area contributed by atoms with E-state index in [1.165, 1.54) is 5.56 Å².